The van der Waals surface area contributed by atoms with Crippen molar-refractivity contribution in [2.45, 2.75) is 0 Å². The molecule has 0 saturated carbocycles. The molecular formula is C5H10N4S. The van der Waals surface area contributed by atoms with Crippen LogP contribution < -0.4 is 5.73 Å². The third-order valence-electron chi connectivity index (χ3n) is 0.931. The normalized spacial score (nSPS) is 8.40. The summed E-state index contributed by atoms with van der Waals surface area (Å²) in [6.45, 7) is 0.521. The molecule has 0 aliphatic carbocycles. The second-order valence-electron chi connectivity index (χ2n) is 1.63. The molecule has 0 aromatic rings. The number of hydrogen-bond acceptors (Lipinski definition) is 3. The van der Waals surface area contributed by atoms with E-state index in [2.05, 4.69) is 0 Å². The van der Waals surface area contributed by atoms with Crippen molar-refractivity contribution >= 4 is 17.7 Å². The maximum absolute atomic E-state index is 8.37. The molecule has 0 aliphatic rings. The van der Waals surface area contributed by atoms with E-state index in [1.807, 2.05) is 6.26 Å². The van der Waals surface area contributed by atoms with Gasteiger partial charge in [-0.15, -0.1) is 0 Å². The second-order valence-corrected chi connectivity index (χ2v) is 2.62. The highest BCUT2D eigenvalue weighted by Gasteiger charge is 2.01. The van der Waals surface area contributed by atoms with Gasteiger partial charge in [0, 0.05) is 12.3 Å². The number of nitrogens with two attached hydrogens (primary N) is 1. The number of rotatable bonds is 3. The Hall–Kier alpha value is -0.890. The number of nitriles is 1. The van der Waals surface area contributed by atoms with Crippen LogP contribution in [0.25, 0.3) is 0 Å². The minimum absolute atomic E-state index is 0.184. The van der Waals surface area contributed by atoms with Gasteiger partial charge in [-0.3, -0.25) is 5.41 Å². The third kappa shape index (κ3) is 3.20. The Labute approximate surface area is 64.5 Å². The summed E-state index contributed by atoms with van der Waals surface area (Å²) in [4.78, 5) is 1.15. The molecule has 0 saturated heterocycles. The zero-order chi connectivity index (χ0) is 7.98. The third-order valence-corrected chi connectivity index (χ3v) is 1.52. The van der Waals surface area contributed by atoms with Crippen molar-refractivity contribution in [2.24, 2.45) is 5.73 Å². The quantitative estimate of drug-likeness (QED) is 0.263. The zero-order valence-corrected chi connectivity index (χ0v) is 6.61. The van der Waals surface area contributed by atoms with Crippen LogP contribution in [-0.2, 0) is 0 Å². The lowest BCUT2D eigenvalue weighted by Gasteiger charge is -2.10. The molecule has 0 bridgehead atoms. The van der Waals surface area contributed by atoms with E-state index < -0.39 is 0 Å². The van der Waals surface area contributed by atoms with Crippen LogP contribution in [-0.4, -0.2) is 29.4 Å². The number of nitrogens with one attached hydrogen (secondary N) is 1. The predicted octanol–water partition coefficient (Wildman–Crippen LogP) is 0.0260. The summed E-state index contributed by atoms with van der Waals surface area (Å²) in [5.41, 5.74) is 5.07. The number of hydrogen-bond donors (Lipinski definition) is 2. The summed E-state index contributed by atoms with van der Waals surface area (Å²) in [5, 5.41) is 15.3. The molecule has 56 valence electrons. The van der Waals surface area contributed by atoms with Gasteiger partial charge in [0.05, 0.1) is 0 Å². The van der Waals surface area contributed by atoms with E-state index >= 15 is 0 Å². The maximum Gasteiger partial charge on any atom is 0.201 e. The van der Waals surface area contributed by atoms with Gasteiger partial charge in [0.25, 0.3) is 0 Å². The summed E-state index contributed by atoms with van der Waals surface area (Å²) >= 11 is 1.62. The molecule has 0 heterocycles. The van der Waals surface area contributed by atoms with Gasteiger partial charge in [-0.05, 0) is 6.26 Å². The Morgan fingerprint density at radius 3 is 2.80 bits per heavy atom. The van der Waals surface area contributed by atoms with Crippen molar-refractivity contribution in [2.75, 3.05) is 18.6 Å². The van der Waals surface area contributed by atoms with E-state index in [0.717, 1.165) is 10.7 Å². The summed E-state index contributed by atoms with van der Waals surface area (Å²) in [5.74, 6) is 0.629. The highest BCUT2D eigenvalue weighted by molar-refractivity contribution is 7.98. The van der Waals surface area contributed by atoms with Gasteiger partial charge < -0.3 is 5.73 Å². The van der Waals surface area contributed by atoms with Crippen LogP contribution in [0.1, 0.15) is 0 Å². The lowest BCUT2D eigenvalue weighted by atomic mass is 10.6. The fourth-order valence-corrected chi connectivity index (χ4v) is 0.772. The Kier molecular flexibility index (Phi) is 4.50. The molecule has 5 heteroatoms. The van der Waals surface area contributed by atoms with Crippen LogP contribution in [0.3, 0.4) is 0 Å². The molecule has 0 aromatic carbocycles. The molecule has 10 heavy (non-hydrogen) atoms. The number of nitrogens with zero attached hydrogens (tertiary/aromatic N) is 2. The van der Waals surface area contributed by atoms with E-state index in [9.17, 15) is 0 Å². The van der Waals surface area contributed by atoms with Gasteiger partial charge in [-0.2, -0.15) is 17.0 Å². The van der Waals surface area contributed by atoms with Gasteiger partial charge in [0.15, 0.2) is 6.19 Å². The summed E-state index contributed by atoms with van der Waals surface area (Å²) in [7, 11) is 0. The van der Waals surface area contributed by atoms with Crippen LogP contribution in [0.5, 0.6) is 0 Å². The highest BCUT2D eigenvalue weighted by Crippen LogP contribution is 1.92. The molecule has 3 N–H and O–H groups in total. The van der Waals surface area contributed by atoms with Crippen LogP contribution in [0, 0.1) is 16.9 Å². The molecule has 0 aliphatic heterocycles. The van der Waals surface area contributed by atoms with Crippen LogP contribution in [0.4, 0.5) is 0 Å². The van der Waals surface area contributed by atoms with Crippen molar-refractivity contribution < 1.29 is 0 Å². The minimum atomic E-state index is -0.184. The number of guanidine groups is 1. The fourth-order valence-electron chi connectivity index (χ4n) is 0.407. The van der Waals surface area contributed by atoms with E-state index in [1.165, 1.54) is 0 Å². The summed E-state index contributed by atoms with van der Waals surface area (Å²) < 4.78 is 0. The molecule has 0 unspecified atom stereocenters. The van der Waals surface area contributed by atoms with Gasteiger partial charge in [-0.25, -0.2) is 4.90 Å². The van der Waals surface area contributed by atoms with E-state index in [1.54, 1.807) is 18.0 Å². The molecule has 0 atom stereocenters. The molecule has 0 amide bonds. The smallest absolute Gasteiger partial charge is 0.201 e. The van der Waals surface area contributed by atoms with Crippen molar-refractivity contribution in [1.29, 1.82) is 10.7 Å². The van der Waals surface area contributed by atoms with E-state index in [0.29, 0.717) is 6.54 Å². The van der Waals surface area contributed by atoms with Gasteiger partial charge >= 0.3 is 0 Å². The first-order valence-electron chi connectivity index (χ1n) is 2.72. The highest BCUT2D eigenvalue weighted by atomic mass is 32.2. The molecule has 0 fully saturated rings. The zero-order valence-electron chi connectivity index (χ0n) is 5.79. The van der Waals surface area contributed by atoms with Crippen LogP contribution in [0.2, 0.25) is 0 Å². The van der Waals surface area contributed by atoms with Gasteiger partial charge in [0.1, 0.15) is 0 Å². The standard InChI is InChI=1S/C5H10N4S/c1-10-3-2-9(4-6)5(7)8/h2-3H2,1H3,(H3,7,8). The van der Waals surface area contributed by atoms with Crippen LogP contribution in [0.15, 0.2) is 0 Å². The first-order valence-corrected chi connectivity index (χ1v) is 4.12. The van der Waals surface area contributed by atoms with Crippen molar-refractivity contribution in [3.8, 4) is 6.19 Å². The minimum Gasteiger partial charge on any atom is -0.369 e. The fraction of sp³-hybridized carbons (Fsp3) is 0.600. The average Bonchev–Trinajstić information content (AvgIpc) is 1.89. The summed E-state index contributed by atoms with van der Waals surface area (Å²) in [6, 6.07) is 0. The molecule has 0 aromatic heterocycles. The lowest BCUT2D eigenvalue weighted by molar-refractivity contribution is 0.603. The lowest BCUT2D eigenvalue weighted by Crippen LogP contribution is -2.33. The monoisotopic (exact) mass is 158 g/mol. The van der Waals surface area contributed by atoms with Gasteiger partial charge in [0.2, 0.25) is 5.96 Å². The SMILES string of the molecule is CSCCN(C#N)C(=N)N. The van der Waals surface area contributed by atoms with Crippen molar-refractivity contribution in [3.63, 3.8) is 0 Å². The maximum atomic E-state index is 8.37. The first kappa shape index (κ1) is 9.11. The molecule has 0 radical (unpaired) electrons. The average molecular weight is 158 g/mol. The second kappa shape index (κ2) is 4.94. The Morgan fingerprint density at radius 2 is 2.50 bits per heavy atom. The Balaban J connectivity index is 3.64. The van der Waals surface area contributed by atoms with Gasteiger partial charge in [-0.1, -0.05) is 0 Å². The number of thioether (sulfide) groups is 1. The van der Waals surface area contributed by atoms with E-state index in [4.69, 9.17) is 16.4 Å². The molecule has 4 nitrogen and oxygen atoms in total. The topological polar surface area (TPSA) is 76.9 Å². The predicted molar refractivity (Wildman–Crippen MR) is 42.6 cm³/mol. The Morgan fingerprint density at radius 1 is 1.90 bits per heavy atom. The largest absolute Gasteiger partial charge is 0.369 e. The molecular weight excluding hydrogens is 148 g/mol. The first-order chi connectivity index (χ1) is 4.72. The molecule has 0 spiro atoms. The van der Waals surface area contributed by atoms with Crippen LogP contribution >= 0.6 is 11.8 Å². The Bertz CT molecular complexity index is 150. The summed E-state index contributed by atoms with van der Waals surface area (Å²) in [6.07, 6.45) is 3.75. The molecule has 0 rings (SSSR count). The van der Waals surface area contributed by atoms with Crippen molar-refractivity contribution in [1.82, 2.24) is 4.90 Å². The van der Waals surface area contributed by atoms with E-state index in [-0.39, 0.29) is 5.96 Å². The van der Waals surface area contributed by atoms with Crippen molar-refractivity contribution in [3.05, 3.63) is 0 Å².